The summed E-state index contributed by atoms with van der Waals surface area (Å²) in [5.41, 5.74) is 3.81. The Morgan fingerprint density at radius 2 is 1.44 bits per heavy atom. The minimum Gasteiger partial charge on any atom is -0.506 e. The normalized spacial score (nSPS) is 13.3. The van der Waals surface area contributed by atoms with E-state index < -0.39 is 0 Å². The van der Waals surface area contributed by atoms with Crippen LogP contribution in [0.4, 0.5) is 5.69 Å². The Labute approximate surface area is 194 Å². The number of aliphatic hydroxyl groups excluding tert-OH is 1. The van der Waals surface area contributed by atoms with Crippen LogP contribution in [-0.4, -0.2) is 5.11 Å². The first kappa shape index (κ1) is 20.2. The Kier molecular flexibility index (Phi) is 4.49. The van der Waals surface area contributed by atoms with Crippen LogP contribution >= 0.6 is 0 Å². The van der Waals surface area contributed by atoms with Gasteiger partial charge in [0, 0.05) is 21.7 Å². The number of aliphatic hydroxyl groups is 1. The fourth-order valence-electron chi connectivity index (χ4n) is 4.80. The van der Waals surface area contributed by atoms with E-state index in [-0.39, 0.29) is 16.7 Å². The zero-order chi connectivity index (χ0) is 23.4. The van der Waals surface area contributed by atoms with E-state index in [2.05, 4.69) is 0 Å². The molecule has 0 saturated heterocycles. The Morgan fingerprint density at radius 3 is 2.15 bits per heavy atom. The fraction of sp³-hybridized carbons (Fsp3) is 0.0667. The van der Waals surface area contributed by atoms with Crippen LogP contribution in [0.3, 0.4) is 0 Å². The average Bonchev–Trinajstić information content (AvgIpc) is 3.24. The van der Waals surface area contributed by atoms with Gasteiger partial charge in [0.05, 0.1) is 16.1 Å². The summed E-state index contributed by atoms with van der Waals surface area (Å²) in [6.45, 7) is 3.97. The Bertz CT molecular complexity index is 1930. The van der Waals surface area contributed by atoms with Crippen molar-refractivity contribution >= 4 is 33.0 Å². The van der Waals surface area contributed by atoms with E-state index in [0.29, 0.717) is 26.8 Å². The minimum atomic E-state index is -0.177. The molecule has 2 aliphatic rings. The largest absolute Gasteiger partial charge is 0.506 e. The maximum absolute atomic E-state index is 13.8. The van der Waals surface area contributed by atoms with Gasteiger partial charge in [0.15, 0.2) is 5.43 Å². The van der Waals surface area contributed by atoms with Crippen LogP contribution in [0.25, 0.3) is 27.3 Å². The molecule has 4 aromatic rings. The molecule has 0 aromatic heterocycles. The molecule has 0 spiro atoms. The van der Waals surface area contributed by atoms with Crippen molar-refractivity contribution in [3.8, 4) is 0 Å². The summed E-state index contributed by atoms with van der Waals surface area (Å²) in [5, 5.41) is 15.4. The lowest BCUT2D eigenvalue weighted by molar-refractivity contribution is 0.479. The molecule has 6 rings (SSSR count). The Balaban J connectivity index is 1.93. The molecule has 0 atom stereocenters. The molecule has 4 heteroatoms. The zero-order valence-electron chi connectivity index (χ0n) is 18.8. The maximum atomic E-state index is 13.8. The van der Waals surface area contributed by atoms with Crippen molar-refractivity contribution in [3.63, 3.8) is 0 Å². The van der Waals surface area contributed by atoms with Gasteiger partial charge >= 0.3 is 0 Å². The summed E-state index contributed by atoms with van der Waals surface area (Å²) in [7, 11) is 0. The van der Waals surface area contributed by atoms with Gasteiger partial charge in [-0.25, -0.2) is 4.99 Å². The topological polar surface area (TPSA) is 62.8 Å². The number of fused-ring (bicyclic) bond motifs is 1. The highest BCUT2D eigenvalue weighted by Crippen LogP contribution is 2.26. The van der Waals surface area contributed by atoms with Crippen LogP contribution < -0.4 is 16.2 Å². The van der Waals surface area contributed by atoms with Crippen molar-refractivity contribution in [2.45, 2.75) is 13.8 Å². The van der Waals surface area contributed by atoms with Crippen LogP contribution in [0.5, 0.6) is 0 Å². The second-order valence-corrected chi connectivity index (χ2v) is 8.59. The highest BCUT2D eigenvalue weighted by Gasteiger charge is 2.17. The van der Waals surface area contributed by atoms with Gasteiger partial charge in [-0.2, -0.15) is 0 Å². The number of benzene rings is 4. The van der Waals surface area contributed by atoms with E-state index in [1.54, 1.807) is 12.1 Å². The fourth-order valence-corrected chi connectivity index (χ4v) is 4.80. The second kappa shape index (κ2) is 7.56. The van der Waals surface area contributed by atoms with Crippen LogP contribution in [0.15, 0.2) is 99.1 Å². The molecule has 0 radical (unpaired) electrons. The zero-order valence-corrected chi connectivity index (χ0v) is 18.8. The summed E-state index contributed by atoms with van der Waals surface area (Å²) in [6, 6.07) is 26.7. The van der Waals surface area contributed by atoms with Crippen molar-refractivity contribution in [1.82, 2.24) is 0 Å². The van der Waals surface area contributed by atoms with Crippen molar-refractivity contribution in [2.75, 3.05) is 0 Å². The Hall–Kier alpha value is -4.44. The first-order valence-electron chi connectivity index (χ1n) is 11.2. The number of hydrogen-bond acceptors (Lipinski definition) is 4. The van der Waals surface area contributed by atoms with Crippen LogP contribution in [-0.2, 0) is 0 Å². The number of nitrogens with zero attached hydrogens (tertiary/aromatic N) is 1. The minimum absolute atomic E-state index is 0.0320. The monoisotopic (exact) mass is 443 g/mol. The van der Waals surface area contributed by atoms with E-state index in [4.69, 9.17) is 9.41 Å². The number of rotatable bonds is 2. The van der Waals surface area contributed by atoms with E-state index in [1.807, 2.05) is 86.6 Å². The van der Waals surface area contributed by atoms with Crippen molar-refractivity contribution in [3.05, 3.63) is 133 Å². The number of para-hydroxylation sites is 1. The van der Waals surface area contributed by atoms with Crippen LogP contribution in [0.1, 0.15) is 16.7 Å². The molecule has 1 heterocycles. The third-order valence-corrected chi connectivity index (χ3v) is 6.45. The first-order valence-corrected chi connectivity index (χ1v) is 11.2. The summed E-state index contributed by atoms with van der Waals surface area (Å²) in [6.07, 6.45) is 0. The SMILES string of the molecule is Cc1cccc(C)c1N=c1oc2c3cccc4cccc(c(=O)c=2/c1=C(/O)c1ccccc1)c43. The van der Waals surface area contributed by atoms with Crippen molar-refractivity contribution in [2.24, 2.45) is 4.99 Å². The van der Waals surface area contributed by atoms with Gasteiger partial charge in [0.2, 0.25) is 5.55 Å². The molecule has 4 aromatic carbocycles. The highest BCUT2D eigenvalue weighted by atomic mass is 16.3. The standard InChI is InChI=1S/C30H21NO3/c1-17-9-6-10-18(2)26(17)31-30-25(27(32)20-11-4-3-5-12-20)24-28(33)21-15-7-13-19-14-8-16-22(23(19)21)29(24)34-30/h3-16,32H,1-2H3/b27-25-,31-30?. The number of hydrogen-bond donors (Lipinski definition) is 1. The maximum Gasteiger partial charge on any atom is 0.231 e. The summed E-state index contributed by atoms with van der Waals surface area (Å²) < 4.78 is 6.34. The highest BCUT2D eigenvalue weighted by molar-refractivity contribution is 6.09. The molecule has 164 valence electrons. The lowest BCUT2D eigenvalue weighted by Crippen LogP contribution is -2.28. The third-order valence-electron chi connectivity index (χ3n) is 6.45. The van der Waals surface area contributed by atoms with E-state index in [1.165, 1.54) is 0 Å². The van der Waals surface area contributed by atoms with E-state index in [9.17, 15) is 9.90 Å². The third kappa shape index (κ3) is 2.92. The predicted octanol–water partition coefficient (Wildman–Crippen LogP) is 5.39. The number of aryl methyl sites for hydroxylation is 2. The van der Waals surface area contributed by atoms with Gasteiger partial charge in [0.25, 0.3) is 0 Å². The van der Waals surface area contributed by atoms with E-state index >= 15 is 0 Å². The smallest absolute Gasteiger partial charge is 0.231 e. The molecule has 0 saturated carbocycles. The molecule has 0 amide bonds. The predicted molar refractivity (Wildman–Crippen MR) is 134 cm³/mol. The molecule has 1 aliphatic carbocycles. The van der Waals surface area contributed by atoms with Gasteiger partial charge in [0.1, 0.15) is 11.2 Å². The van der Waals surface area contributed by atoms with E-state index in [0.717, 1.165) is 33.0 Å². The summed E-state index contributed by atoms with van der Waals surface area (Å²) in [4.78, 5) is 18.7. The van der Waals surface area contributed by atoms with Crippen molar-refractivity contribution < 1.29 is 9.52 Å². The molecular weight excluding hydrogens is 422 g/mol. The quantitative estimate of drug-likeness (QED) is 0.390. The first-order chi connectivity index (χ1) is 16.5. The molecule has 0 unspecified atom stereocenters. The van der Waals surface area contributed by atoms with Gasteiger partial charge in [-0.3, -0.25) is 4.79 Å². The van der Waals surface area contributed by atoms with Gasteiger partial charge in [-0.15, -0.1) is 0 Å². The molecular formula is C30H21NO3. The van der Waals surface area contributed by atoms with Crippen molar-refractivity contribution in [1.29, 1.82) is 0 Å². The van der Waals surface area contributed by atoms with Gasteiger partial charge in [-0.05, 0) is 30.4 Å². The lowest BCUT2D eigenvalue weighted by Gasteiger charge is -2.03. The van der Waals surface area contributed by atoms with Crippen LogP contribution in [0.2, 0.25) is 0 Å². The molecule has 4 nitrogen and oxygen atoms in total. The summed E-state index contributed by atoms with van der Waals surface area (Å²) >= 11 is 0. The molecule has 1 aliphatic heterocycles. The molecule has 34 heavy (non-hydrogen) atoms. The van der Waals surface area contributed by atoms with Gasteiger partial charge in [-0.1, -0.05) is 84.9 Å². The second-order valence-electron chi connectivity index (χ2n) is 8.59. The average molecular weight is 444 g/mol. The lowest BCUT2D eigenvalue weighted by atomic mass is 9.99. The van der Waals surface area contributed by atoms with Gasteiger partial charge < -0.3 is 9.52 Å². The molecule has 0 fully saturated rings. The summed E-state index contributed by atoms with van der Waals surface area (Å²) in [5.74, 6) is -0.0320. The Morgan fingerprint density at radius 1 is 0.794 bits per heavy atom. The van der Waals surface area contributed by atoms with Crippen LogP contribution in [0, 0.1) is 24.5 Å². The molecule has 0 bridgehead atoms. The molecule has 1 N–H and O–H groups in total.